The maximum Gasteiger partial charge on any atom is 0.397 e. The highest BCUT2D eigenvalue weighted by Crippen LogP contribution is 2.16. The molecule has 0 aliphatic carbocycles. The normalized spacial score (nSPS) is 14.2. The summed E-state index contributed by atoms with van der Waals surface area (Å²) in [6, 6.07) is 0. The number of hydrogen-bond acceptors (Lipinski definition) is 3. The van der Waals surface area contributed by atoms with Crippen LogP contribution in [-0.2, 0) is 14.6 Å². The first-order valence-corrected chi connectivity index (χ1v) is 10.9. The van der Waals surface area contributed by atoms with Crippen molar-refractivity contribution in [2.75, 3.05) is 6.61 Å². The highest BCUT2D eigenvalue weighted by atomic mass is 32.3. The van der Waals surface area contributed by atoms with E-state index in [1.807, 2.05) is 6.92 Å². The van der Waals surface area contributed by atoms with Gasteiger partial charge in [-0.3, -0.25) is 4.55 Å². The van der Waals surface area contributed by atoms with Gasteiger partial charge in [-0.15, -0.1) is 0 Å². The first kappa shape index (κ1) is 24.1. The quantitative estimate of drug-likeness (QED) is 0.204. The van der Waals surface area contributed by atoms with Crippen LogP contribution < -0.4 is 0 Å². The average Bonchev–Trinajstić information content (AvgIpc) is 2.57. The number of hydrogen-bond donors (Lipinski definition) is 1. The predicted octanol–water partition coefficient (Wildman–Crippen LogP) is 6.03. The second-order valence-corrected chi connectivity index (χ2v) is 7.36. The second kappa shape index (κ2) is 16.6. The predicted molar refractivity (Wildman–Crippen MR) is 106 cm³/mol. The van der Waals surface area contributed by atoms with E-state index in [-0.39, 0.29) is 12.5 Å². The van der Waals surface area contributed by atoms with Crippen molar-refractivity contribution in [3.8, 4) is 0 Å². The van der Waals surface area contributed by atoms with Gasteiger partial charge in [0.15, 0.2) is 0 Å². The van der Waals surface area contributed by atoms with Crippen molar-refractivity contribution < 1.29 is 17.2 Å². The summed E-state index contributed by atoms with van der Waals surface area (Å²) in [5.74, 6) is 0.195. The molecule has 0 rings (SSSR count). The molecule has 0 aromatic rings. The van der Waals surface area contributed by atoms with E-state index in [4.69, 9.17) is 4.55 Å². The summed E-state index contributed by atoms with van der Waals surface area (Å²) in [6.07, 6.45) is 23.9. The largest absolute Gasteiger partial charge is 0.397 e. The standard InChI is InChI=1S/C20H36O4S/c1-3-5-6-7-8-9-10-11-12-13-14-15-16-17-18-20(4-2)19-24-25(21,22)23/h5-6,8-9,11-12,20H,3-4,7,10,13-19H2,1-2H3,(H,21,22,23). The Morgan fingerprint density at radius 2 is 1.48 bits per heavy atom. The van der Waals surface area contributed by atoms with Gasteiger partial charge in [-0.1, -0.05) is 76.0 Å². The van der Waals surface area contributed by atoms with E-state index in [2.05, 4.69) is 47.6 Å². The summed E-state index contributed by atoms with van der Waals surface area (Å²) < 4.78 is 34.2. The summed E-state index contributed by atoms with van der Waals surface area (Å²) >= 11 is 0. The van der Waals surface area contributed by atoms with Crippen molar-refractivity contribution in [1.29, 1.82) is 0 Å². The molecule has 1 unspecified atom stereocenters. The monoisotopic (exact) mass is 372 g/mol. The maximum atomic E-state index is 10.6. The van der Waals surface area contributed by atoms with Crippen molar-refractivity contribution in [1.82, 2.24) is 0 Å². The van der Waals surface area contributed by atoms with E-state index in [0.717, 1.165) is 51.4 Å². The Labute approximate surface area is 155 Å². The van der Waals surface area contributed by atoms with Gasteiger partial charge in [0.2, 0.25) is 0 Å². The van der Waals surface area contributed by atoms with E-state index in [9.17, 15) is 8.42 Å². The molecule has 0 saturated heterocycles. The molecule has 0 aromatic heterocycles. The molecular weight excluding hydrogens is 336 g/mol. The third-order valence-electron chi connectivity index (χ3n) is 4.04. The van der Waals surface area contributed by atoms with E-state index in [1.54, 1.807) is 0 Å². The van der Waals surface area contributed by atoms with Gasteiger partial charge in [0.05, 0.1) is 6.61 Å². The molecule has 0 spiro atoms. The van der Waals surface area contributed by atoms with Gasteiger partial charge < -0.3 is 0 Å². The van der Waals surface area contributed by atoms with Crippen LogP contribution in [0.3, 0.4) is 0 Å². The SMILES string of the molecule is CCC=CCC=CCC=CCCCCCCC(CC)COS(=O)(=O)O. The van der Waals surface area contributed by atoms with Crippen molar-refractivity contribution in [3.63, 3.8) is 0 Å². The molecule has 0 amide bonds. The molecule has 25 heavy (non-hydrogen) atoms. The third-order valence-corrected chi connectivity index (χ3v) is 4.48. The third kappa shape index (κ3) is 19.3. The highest BCUT2D eigenvalue weighted by molar-refractivity contribution is 7.80. The van der Waals surface area contributed by atoms with E-state index >= 15 is 0 Å². The molecule has 0 fully saturated rings. The summed E-state index contributed by atoms with van der Waals surface area (Å²) in [5.41, 5.74) is 0. The fraction of sp³-hybridized carbons (Fsp3) is 0.700. The second-order valence-electron chi connectivity index (χ2n) is 6.27. The summed E-state index contributed by atoms with van der Waals surface area (Å²) in [6.45, 7) is 4.24. The molecule has 1 atom stereocenters. The summed E-state index contributed by atoms with van der Waals surface area (Å²) in [7, 11) is -4.30. The molecule has 1 N–H and O–H groups in total. The first-order chi connectivity index (χ1) is 12.0. The van der Waals surface area contributed by atoms with Gasteiger partial charge in [0.1, 0.15) is 0 Å². The Bertz CT molecular complexity index is 478. The Morgan fingerprint density at radius 1 is 0.880 bits per heavy atom. The Hall–Kier alpha value is -0.910. The Kier molecular flexibility index (Phi) is 16.0. The zero-order valence-corrected chi connectivity index (χ0v) is 16.7. The average molecular weight is 373 g/mol. The molecule has 146 valence electrons. The minimum Gasteiger partial charge on any atom is -0.264 e. The molecule has 0 radical (unpaired) electrons. The fourth-order valence-corrected chi connectivity index (χ4v) is 2.83. The van der Waals surface area contributed by atoms with Crippen molar-refractivity contribution in [3.05, 3.63) is 36.5 Å². The van der Waals surface area contributed by atoms with Gasteiger partial charge in [-0.05, 0) is 44.4 Å². The number of unbranched alkanes of at least 4 members (excludes halogenated alkanes) is 4. The van der Waals surface area contributed by atoms with E-state index < -0.39 is 10.4 Å². The molecule has 4 nitrogen and oxygen atoms in total. The first-order valence-electron chi connectivity index (χ1n) is 9.56. The number of allylic oxidation sites excluding steroid dienone is 6. The lowest BCUT2D eigenvalue weighted by Crippen LogP contribution is -2.13. The van der Waals surface area contributed by atoms with Crippen molar-refractivity contribution in [2.45, 2.75) is 78.1 Å². The molecule has 0 aromatic carbocycles. The summed E-state index contributed by atoms with van der Waals surface area (Å²) in [4.78, 5) is 0. The van der Waals surface area contributed by atoms with Crippen LogP contribution >= 0.6 is 0 Å². The lowest BCUT2D eigenvalue weighted by Gasteiger charge is -2.13. The van der Waals surface area contributed by atoms with Gasteiger partial charge >= 0.3 is 10.4 Å². The number of rotatable bonds is 16. The van der Waals surface area contributed by atoms with Gasteiger partial charge in [-0.2, -0.15) is 8.42 Å². The zero-order valence-electron chi connectivity index (χ0n) is 15.9. The van der Waals surface area contributed by atoms with Crippen LogP contribution in [0, 0.1) is 5.92 Å². The van der Waals surface area contributed by atoms with E-state index in [1.165, 1.54) is 12.8 Å². The zero-order chi connectivity index (χ0) is 18.8. The maximum absolute atomic E-state index is 10.6. The molecule has 0 bridgehead atoms. The Morgan fingerprint density at radius 3 is 2.08 bits per heavy atom. The van der Waals surface area contributed by atoms with E-state index in [0.29, 0.717) is 0 Å². The fourth-order valence-electron chi connectivity index (χ4n) is 2.46. The minimum absolute atomic E-state index is 0.0832. The van der Waals surface area contributed by atoms with Crippen molar-refractivity contribution >= 4 is 10.4 Å². The van der Waals surface area contributed by atoms with Crippen LogP contribution in [0.5, 0.6) is 0 Å². The topological polar surface area (TPSA) is 63.6 Å². The molecular formula is C20H36O4S. The van der Waals surface area contributed by atoms with Crippen LogP contribution in [0.1, 0.15) is 78.1 Å². The van der Waals surface area contributed by atoms with Crippen LogP contribution in [0.15, 0.2) is 36.5 Å². The lowest BCUT2D eigenvalue weighted by molar-refractivity contribution is 0.210. The molecule has 5 heteroatoms. The van der Waals surface area contributed by atoms with Gasteiger partial charge in [-0.25, -0.2) is 4.18 Å². The molecule has 0 heterocycles. The minimum atomic E-state index is -4.30. The van der Waals surface area contributed by atoms with Crippen LogP contribution in [0.25, 0.3) is 0 Å². The molecule has 0 saturated carbocycles. The van der Waals surface area contributed by atoms with Crippen LogP contribution in [0.4, 0.5) is 0 Å². The van der Waals surface area contributed by atoms with Crippen LogP contribution in [-0.4, -0.2) is 19.6 Å². The van der Waals surface area contributed by atoms with Gasteiger partial charge in [0.25, 0.3) is 0 Å². The molecule has 0 aliphatic heterocycles. The van der Waals surface area contributed by atoms with Crippen LogP contribution in [0.2, 0.25) is 0 Å². The Balaban J connectivity index is 3.53. The van der Waals surface area contributed by atoms with Gasteiger partial charge in [0, 0.05) is 0 Å². The smallest absolute Gasteiger partial charge is 0.264 e. The summed E-state index contributed by atoms with van der Waals surface area (Å²) in [5, 5.41) is 0. The molecule has 0 aliphatic rings. The highest BCUT2D eigenvalue weighted by Gasteiger charge is 2.11. The lowest BCUT2D eigenvalue weighted by atomic mass is 9.99. The van der Waals surface area contributed by atoms with Crippen molar-refractivity contribution in [2.24, 2.45) is 5.92 Å².